The SMILES string of the molecule is Cc1ccsc1C(C)(C)CNCCC(C)N. The fourth-order valence-electron chi connectivity index (χ4n) is 1.88. The van der Waals surface area contributed by atoms with E-state index in [9.17, 15) is 0 Å². The summed E-state index contributed by atoms with van der Waals surface area (Å²) in [6.07, 6.45) is 1.04. The molecule has 0 aliphatic heterocycles. The average molecular weight is 240 g/mol. The predicted molar refractivity (Wildman–Crippen MR) is 73.2 cm³/mol. The first-order chi connectivity index (χ1) is 7.43. The van der Waals surface area contributed by atoms with Crippen LogP contribution in [0.15, 0.2) is 11.4 Å². The molecular formula is C13H24N2S. The lowest BCUT2D eigenvalue weighted by Crippen LogP contribution is -2.34. The topological polar surface area (TPSA) is 38.0 Å². The molecule has 0 amide bonds. The molecule has 1 unspecified atom stereocenters. The number of hydrogen-bond acceptors (Lipinski definition) is 3. The fourth-order valence-corrected chi connectivity index (χ4v) is 2.93. The van der Waals surface area contributed by atoms with E-state index in [1.807, 2.05) is 11.3 Å². The third kappa shape index (κ3) is 3.89. The third-order valence-electron chi connectivity index (χ3n) is 2.82. The highest BCUT2D eigenvalue weighted by atomic mass is 32.1. The molecule has 0 saturated carbocycles. The van der Waals surface area contributed by atoms with Crippen LogP contribution in [0.25, 0.3) is 0 Å². The van der Waals surface area contributed by atoms with Gasteiger partial charge < -0.3 is 11.1 Å². The van der Waals surface area contributed by atoms with Gasteiger partial charge in [-0.15, -0.1) is 11.3 Å². The molecule has 0 radical (unpaired) electrons. The van der Waals surface area contributed by atoms with Gasteiger partial charge in [-0.1, -0.05) is 13.8 Å². The van der Waals surface area contributed by atoms with E-state index in [0.29, 0.717) is 6.04 Å². The van der Waals surface area contributed by atoms with Crippen LogP contribution in [0, 0.1) is 6.92 Å². The van der Waals surface area contributed by atoms with Crippen molar-refractivity contribution in [1.29, 1.82) is 0 Å². The zero-order valence-electron chi connectivity index (χ0n) is 10.8. The van der Waals surface area contributed by atoms with Crippen molar-refractivity contribution in [2.24, 2.45) is 5.73 Å². The Labute approximate surface area is 103 Å². The monoisotopic (exact) mass is 240 g/mol. The van der Waals surface area contributed by atoms with Gasteiger partial charge in [0.1, 0.15) is 0 Å². The molecule has 16 heavy (non-hydrogen) atoms. The van der Waals surface area contributed by atoms with Crippen molar-refractivity contribution >= 4 is 11.3 Å². The van der Waals surface area contributed by atoms with E-state index >= 15 is 0 Å². The third-order valence-corrected chi connectivity index (χ3v) is 4.20. The summed E-state index contributed by atoms with van der Waals surface area (Å²) in [6.45, 7) is 10.9. The molecule has 1 heterocycles. The Kier molecular flexibility index (Phi) is 4.96. The summed E-state index contributed by atoms with van der Waals surface area (Å²) < 4.78 is 0. The smallest absolute Gasteiger partial charge is 0.0143 e. The highest BCUT2D eigenvalue weighted by Crippen LogP contribution is 2.30. The van der Waals surface area contributed by atoms with E-state index in [-0.39, 0.29) is 5.41 Å². The zero-order chi connectivity index (χ0) is 12.2. The molecular weight excluding hydrogens is 216 g/mol. The van der Waals surface area contributed by atoms with Crippen LogP contribution in [0.5, 0.6) is 0 Å². The predicted octanol–water partition coefficient (Wildman–Crippen LogP) is 2.66. The summed E-state index contributed by atoms with van der Waals surface area (Å²) in [6, 6.07) is 2.49. The largest absolute Gasteiger partial charge is 0.328 e. The molecule has 92 valence electrons. The zero-order valence-corrected chi connectivity index (χ0v) is 11.7. The van der Waals surface area contributed by atoms with Gasteiger partial charge in [-0.25, -0.2) is 0 Å². The molecule has 1 atom stereocenters. The van der Waals surface area contributed by atoms with Crippen LogP contribution in [0.4, 0.5) is 0 Å². The maximum Gasteiger partial charge on any atom is 0.0143 e. The second-order valence-corrected chi connectivity index (χ2v) is 6.18. The first-order valence-electron chi connectivity index (χ1n) is 5.94. The van der Waals surface area contributed by atoms with Crippen LogP contribution in [0.1, 0.15) is 37.6 Å². The van der Waals surface area contributed by atoms with Crippen LogP contribution >= 0.6 is 11.3 Å². The molecule has 3 heteroatoms. The summed E-state index contributed by atoms with van der Waals surface area (Å²) >= 11 is 1.86. The Morgan fingerprint density at radius 2 is 2.19 bits per heavy atom. The Bertz CT molecular complexity index is 315. The first kappa shape index (κ1) is 13.7. The van der Waals surface area contributed by atoms with E-state index < -0.39 is 0 Å². The molecule has 0 spiro atoms. The van der Waals surface area contributed by atoms with E-state index in [2.05, 4.69) is 44.5 Å². The van der Waals surface area contributed by atoms with Crippen molar-refractivity contribution < 1.29 is 0 Å². The van der Waals surface area contributed by atoms with Crippen molar-refractivity contribution in [3.8, 4) is 0 Å². The molecule has 0 saturated heterocycles. The molecule has 1 aromatic heterocycles. The Balaban J connectivity index is 2.43. The maximum atomic E-state index is 5.72. The van der Waals surface area contributed by atoms with Gasteiger partial charge in [-0.2, -0.15) is 0 Å². The van der Waals surface area contributed by atoms with Gasteiger partial charge in [-0.3, -0.25) is 0 Å². The quantitative estimate of drug-likeness (QED) is 0.750. The standard InChI is InChI=1S/C13H24N2S/c1-10-6-8-16-12(10)13(3,4)9-15-7-5-11(2)14/h6,8,11,15H,5,7,9,14H2,1-4H3. The highest BCUT2D eigenvalue weighted by molar-refractivity contribution is 7.10. The van der Waals surface area contributed by atoms with Crippen molar-refractivity contribution in [2.45, 2.75) is 45.6 Å². The van der Waals surface area contributed by atoms with Crippen molar-refractivity contribution in [3.63, 3.8) is 0 Å². The summed E-state index contributed by atoms with van der Waals surface area (Å²) in [4.78, 5) is 1.49. The molecule has 3 N–H and O–H groups in total. The average Bonchev–Trinajstić information content (AvgIpc) is 2.59. The van der Waals surface area contributed by atoms with Crippen molar-refractivity contribution in [1.82, 2.24) is 5.32 Å². The molecule has 1 aromatic rings. The second-order valence-electron chi connectivity index (χ2n) is 5.26. The lowest BCUT2D eigenvalue weighted by atomic mass is 9.89. The number of nitrogens with two attached hydrogens (primary N) is 1. The van der Waals surface area contributed by atoms with Gasteiger partial charge in [-0.05, 0) is 43.8 Å². The van der Waals surface area contributed by atoms with Gasteiger partial charge in [0.25, 0.3) is 0 Å². The number of hydrogen-bond donors (Lipinski definition) is 2. The van der Waals surface area contributed by atoms with E-state index in [1.165, 1.54) is 10.4 Å². The van der Waals surface area contributed by atoms with Crippen LogP contribution in [0.3, 0.4) is 0 Å². The van der Waals surface area contributed by atoms with Crippen LogP contribution in [-0.2, 0) is 5.41 Å². The molecule has 0 aromatic carbocycles. The lowest BCUT2D eigenvalue weighted by molar-refractivity contribution is 0.463. The lowest BCUT2D eigenvalue weighted by Gasteiger charge is -2.25. The molecule has 2 nitrogen and oxygen atoms in total. The number of nitrogens with one attached hydrogen (secondary N) is 1. The minimum atomic E-state index is 0.218. The summed E-state index contributed by atoms with van der Waals surface area (Å²) in [5, 5.41) is 5.67. The molecule has 1 rings (SSSR count). The number of rotatable bonds is 6. The Morgan fingerprint density at radius 3 is 2.69 bits per heavy atom. The Morgan fingerprint density at radius 1 is 1.50 bits per heavy atom. The summed E-state index contributed by atoms with van der Waals surface area (Å²) in [5.74, 6) is 0. The summed E-state index contributed by atoms with van der Waals surface area (Å²) in [5.41, 5.74) is 7.35. The minimum absolute atomic E-state index is 0.218. The van der Waals surface area contributed by atoms with Crippen molar-refractivity contribution in [3.05, 3.63) is 21.9 Å². The number of thiophene rings is 1. The van der Waals surface area contributed by atoms with Gasteiger partial charge in [0.2, 0.25) is 0 Å². The normalized spacial score (nSPS) is 14.1. The summed E-state index contributed by atoms with van der Waals surface area (Å²) in [7, 11) is 0. The van der Waals surface area contributed by atoms with Gasteiger partial charge in [0.05, 0.1) is 0 Å². The van der Waals surface area contributed by atoms with Gasteiger partial charge in [0, 0.05) is 22.9 Å². The van der Waals surface area contributed by atoms with Crippen molar-refractivity contribution in [2.75, 3.05) is 13.1 Å². The molecule has 0 fully saturated rings. The Hall–Kier alpha value is -0.380. The van der Waals surface area contributed by atoms with Crippen LogP contribution in [-0.4, -0.2) is 19.1 Å². The van der Waals surface area contributed by atoms with Gasteiger partial charge in [0.15, 0.2) is 0 Å². The van der Waals surface area contributed by atoms with E-state index in [1.54, 1.807) is 0 Å². The molecule has 0 aliphatic rings. The van der Waals surface area contributed by atoms with Crippen LogP contribution in [0.2, 0.25) is 0 Å². The maximum absolute atomic E-state index is 5.72. The molecule has 0 bridgehead atoms. The van der Waals surface area contributed by atoms with E-state index in [0.717, 1.165) is 19.5 Å². The molecule has 0 aliphatic carbocycles. The minimum Gasteiger partial charge on any atom is -0.328 e. The highest BCUT2D eigenvalue weighted by Gasteiger charge is 2.23. The first-order valence-corrected chi connectivity index (χ1v) is 6.82. The second kappa shape index (κ2) is 5.80. The number of aryl methyl sites for hydroxylation is 1. The van der Waals surface area contributed by atoms with E-state index in [4.69, 9.17) is 5.73 Å². The van der Waals surface area contributed by atoms with Gasteiger partial charge >= 0.3 is 0 Å². The fraction of sp³-hybridized carbons (Fsp3) is 0.692. The van der Waals surface area contributed by atoms with Crippen LogP contribution < -0.4 is 11.1 Å².